The maximum absolute atomic E-state index is 12.9. The van der Waals surface area contributed by atoms with Crippen LogP contribution < -0.4 is 11.1 Å². The molecule has 144 valence electrons. The molecule has 0 spiro atoms. The van der Waals surface area contributed by atoms with Gasteiger partial charge < -0.3 is 16.0 Å². The van der Waals surface area contributed by atoms with Gasteiger partial charge in [-0.1, -0.05) is 30.3 Å². The second-order valence-electron chi connectivity index (χ2n) is 6.47. The van der Waals surface area contributed by atoms with E-state index in [4.69, 9.17) is 5.73 Å². The van der Waals surface area contributed by atoms with E-state index >= 15 is 0 Å². The first-order chi connectivity index (χ1) is 12.8. The third-order valence-corrected chi connectivity index (χ3v) is 6.53. The van der Waals surface area contributed by atoms with Crippen molar-refractivity contribution in [1.29, 1.82) is 0 Å². The molecular formula is C18H22N4O4S. The normalized spacial score (nSPS) is 16.9. The van der Waals surface area contributed by atoms with Gasteiger partial charge >= 0.3 is 6.03 Å². The lowest BCUT2D eigenvalue weighted by Gasteiger charge is -2.35. The number of nitrogens with one attached hydrogen (secondary N) is 1. The Labute approximate surface area is 158 Å². The quantitative estimate of drug-likeness (QED) is 0.801. The van der Waals surface area contributed by atoms with Gasteiger partial charge in [0.1, 0.15) is 6.04 Å². The molecule has 0 saturated carbocycles. The molecule has 3 amide bonds. The predicted molar refractivity (Wildman–Crippen MR) is 101 cm³/mol. The number of urea groups is 1. The zero-order valence-electron chi connectivity index (χ0n) is 15.0. The first kappa shape index (κ1) is 19.1. The molecule has 1 aliphatic rings. The lowest BCUT2D eigenvalue weighted by molar-refractivity contribution is -0.133. The molecule has 0 radical (unpaired) electrons. The first-order valence-corrected chi connectivity index (χ1v) is 10.1. The van der Waals surface area contributed by atoms with Crippen LogP contribution in [0.2, 0.25) is 0 Å². The molecule has 2 aromatic rings. The van der Waals surface area contributed by atoms with Crippen molar-refractivity contribution in [3.05, 3.63) is 42.5 Å². The number of rotatable bonds is 4. The van der Waals surface area contributed by atoms with Crippen LogP contribution in [0.15, 0.2) is 47.4 Å². The average Bonchev–Trinajstić information content (AvgIpc) is 2.66. The first-order valence-electron chi connectivity index (χ1n) is 8.63. The number of benzene rings is 2. The molecule has 1 atom stereocenters. The number of carbonyl (C=O) groups is 2. The molecule has 0 bridgehead atoms. The highest BCUT2D eigenvalue weighted by molar-refractivity contribution is 7.89. The van der Waals surface area contributed by atoms with E-state index in [2.05, 4.69) is 5.32 Å². The third-order valence-electron chi connectivity index (χ3n) is 4.64. The average molecular weight is 390 g/mol. The molecule has 0 aromatic heterocycles. The van der Waals surface area contributed by atoms with E-state index in [1.807, 2.05) is 24.3 Å². The lowest BCUT2D eigenvalue weighted by atomic mass is 10.1. The van der Waals surface area contributed by atoms with E-state index in [-0.39, 0.29) is 37.0 Å². The van der Waals surface area contributed by atoms with E-state index in [9.17, 15) is 18.0 Å². The van der Waals surface area contributed by atoms with Crippen LogP contribution in [-0.2, 0) is 14.8 Å². The minimum Gasteiger partial charge on any atom is -0.352 e. The summed E-state index contributed by atoms with van der Waals surface area (Å²) in [6.07, 6.45) is 0. The fourth-order valence-corrected chi connectivity index (χ4v) is 4.63. The van der Waals surface area contributed by atoms with Crippen molar-refractivity contribution in [2.75, 3.05) is 26.2 Å². The minimum absolute atomic E-state index is 0.199. The summed E-state index contributed by atoms with van der Waals surface area (Å²) in [5, 5.41) is 4.17. The second kappa shape index (κ2) is 7.53. The van der Waals surface area contributed by atoms with Gasteiger partial charge in [0.2, 0.25) is 15.9 Å². The molecule has 0 aliphatic carbocycles. The molecule has 3 N–H and O–H groups in total. The van der Waals surface area contributed by atoms with Crippen molar-refractivity contribution >= 4 is 32.7 Å². The van der Waals surface area contributed by atoms with Crippen molar-refractivity contribution < 1.29 is 18.0 Å². The standard InChI is InChI=1S/C18H22N4O4S/c1-13(20-18(19)24)17(23)21-8-10-22(11-9-21)27(25,26)16-7-6-14-4-2-3-5-15(14)12-16/h2-7,12-13H,8-11H2,1H3,(H3,19,20,24)/t13-/m0/s1. The van der Waals surface area contributed by atoms with Gasteiger partial charge in [-0.05, 0) is 29.8 Å². The molecule has 3 rings (SSSR count). The van der Waals surface area contributed by atoms with Gasteiger partial charge in [-0.15, -0.1) is 0 Å². The van der Waals surface area contributed by atoms with Crippen molar-refractivity contribution in [3.63, 3.8) is 0 Å². The predicted octanol–water partition coefficient (Wildman–Crippen LogP) is 0.730. The Morgan fingerprint density at radius 3 is 2.30 bits per heavy atom. The van der Waals surface area contributed by atoms with Crippen LogP contribution in [0, 0.1) is 0 Å². The van der Waals surface area contributed by atoms with Gasteiger partial charge in [-0.3, -0.25) is 4.79 Å². The van der Waals surface area contributed by atoms with Crippen LogP contribution in [0.5, 0.6) is 0 Å². The number of carbonyl (C=O) groups excluding carboxylic acids is 2. The smallest absolute Gasteiger partial charge is 0.312 e. The summed E-state index contributed by atoms with van der Waals surface area (Å²) in [5.41, 5.74) is 5.04. The third kappa shape index (κ3) is 4.04. The Morgan fingerprint density at radius 1 is 1.04 bits per heavy atom. The summed E-state index contributed by atoms with van der Waals surface area (Å²) in [5.74, 6) is -0.281. The lowest BCUT2D eigenvalue weighted by Crippen LogP contribution is -2.55. The topological polar surface area (TPSA) is 113 Å². The molecule has 1 saturated heterocycles. The fourth-order valence-electron chi connectivity index (χ4n) is 3.17. The van der Waals surface area contributed by atoms with E-state index in [1.54, 1.807) is 25.1 Å². The second-order valence-corrected chi connectivity index (χ2v) is 8.41. The fraction of sp³-hybridized carbons (Fsp3) is 0.333. The van der Waals surface area contributed by atoms with E-state index < -0.39 is 22.1 Å². The van der Waals surface area contributed by atoms with Gasteiger partial charge in [-0.2, -0.15) is 4.31 Å². The number of sulfonamides is 1. The summed E-state index contributed by atoms with van der Waals surface area (Å²) in [4.78, 5) is 25.0. The molecule has 1 heterocycles. The molecule has 27 heavy (non-hydrogen) atoms. The molecule has 1 fully saturated rings. The molecule has 1 aliphatic heterocycles. The van der Waals surface area contributed by atoms with Crippen LogP contribution in [0.4, 0.5) is 4.79 Å². The molecule has 8 nitrogen and oxygen atoms in total. The van der Waals surface area contributed by atoms with E-state index in [0.717, 1.165) is 10.8 Å². The summed E-state index contributed by atoms with van der Waals surface area (Å²) in [6.45, 7) is 2.46. The number of hydrogen-bond donors (Lipinski definition) is 2. The zero-order chi connectivity index (χ0) is 19.6. The largest absolute Gasteiger partial charge is 0.352 e. The van der Waals surface area contributed by atoms with E-state index in [1.165, 1.54) is 9.21 Å². The SMILES string of the molecule is C[C@H](NC(N)=O)C(=O)N1CCN(S(=O)(=O)c2ccc3ccccc3c2)CC1. The Kier molecular flexibility index (Phi) is 5.33. The molecule has 9 heteroatoms. The van der Waals surface area contributed by atoms with Crippen LogP contribution in [0.3, 0.4) is 0 Å². The zero-order valence-corrected chi connectivity index (χ0v) is 15.8. The van der Waals surface area contributed by atoms with Crippen molar-refractivity contribution in [1.82, 2.24) is 14.5 Å². The molecular weight excluding hydrogens is 368 g/mol. The van der Waals surface area contributed by atoms with Gasteiger partial charge in [0.15, 0.2) is 0 Å². The number of fused-ring (bicyclic) bond motifs is 1. The summed E-state index contributed by atoms with van der Waals surface area (Å²) < 4.78 is 27.3. The van der Waals surface area contributed by atoms with Crippen molar-refractivity contribution in [2.45, 2.75) is 17.9 Å². The Balaban J connectivity index is 1.70. The maximum Gasteiger partial charge on any atom is 0.312 e. The number of piperazine rings is 1. The number of nitrogens with zero attached hydrogens (tertiary/aromatic N) is 2. The number of hydrogen-bond acceptors (Lipinski definition) is 4. The van der Waals surface area contributed by atoms with Crippen LogP contribution >= 0.6 is 0 Å². The maximum atomic E-state index is 12.9. The van der Waals surface area contributed by atoms with Crippen molar-refractivity contribution in [2.24, 2.45) is 5.73 Å². The Hall–Kier alpha value is -2.65. The van der Waals surface area contributed by atoms with Gasteiger partial charge in [0.05, 0.1) is 4.90 Å². The number of primary amides is 1. The Bertz CT molecular complexity index is 968. The number of nitrogens with two attached hydrogens (primary N) is 1. The van der Waals surface area contributed by atoms with Crippen LogP contribution in [0.25, 0.3) is 10.8 Å². The highest BCUT2D eigenvalue weighted by atomic mass is 32.2. The summed E-state index contributed by atoms with van der Waals surface area (Å²) in [6, 6.07) is 11.1. The van der Waals surface area contributed by atoms with Crippen LogP contribution in [0.1, 0.15) is 6.92 Å². The molecule has 0 unspecified atom stereocenters. The van der Waals surface area contributed by atoms with Gasteiger partial charge in [0.25, 0.3) is 0 Å². The molecule has 2 aromatic carbocycles. The van der Waals surface area contributed by atoms with Gasteiger partial charge in [-0.25, -0.2) is 13.2 Å². The Morgan fingerprint density at radius 2 is 1.67 bits per heavy atom. The number of amides is 3. The van der Waals surface area contributed by atoms with E-state index in [0.29, 0.717) is 0 Å². The highest BCUT2D eigenvalue weighted by Crippen LogP contribution is 2.23. The summed E-state index contributed by atoms with van der Waals surface area (Å²) in [7, 11) is -3.64. The monoisotopic (exact) mass is 390 g/mol. The van der Waals surface area contributed by atoms with Gasteiger partial charge in [0, 0.05) is 26.2 Å². The van der Waals surface area contributed by atoms with Crippen LogP contribution in [-0.4, -0.2) is 61.8 Å². The minimum atomic E-state index is -3.64. The highest BCUT2D eigenvalue weighted by Gasteiger charge is 2.31. The summed E-state index contributed by atoms with van der Waals surface area (Å²) >= 11 is 0. The van der Waals surface area contributed by atoms with Crippen molar-refractivity contribution in [3.8, 4) is 0 Å².